The first-order valence-corrected chi connectivity index (χ1v) is 5.21. The van der Waals surface area contributed by atoms with Crippen LogP contribution in [0.15, 0.2) is 0 Å². The number of amides is 1. The summed E-state index contributed by atoms with van der Waals surface area (Å²) >= 11 is 0. The minimum absolute atomic E-state index is 0.262. The highest BCUT2D eigenvalue weighted by molar-refractivity contribution is 5.79. The molecule has 0 spiro atoms. The number of carbonyl (C=O) groups excluding carboxylic acids is 1. The molecule has 3 nitrogen and oxygen atoms in total. The van der Waals surface area contributed by atoms with E-state index in [-0.39, 0.29) is 5.91 Å². The van der Waals surface area contributed by atoms with Gasteiger partial charge in [0.05, 0.1) is 6.61 Å². The second-order valence-corrected chi connectivity index (χ2v) is 4.10. The Morgan fingerprint density at radius 1 is 1.38 bits per heavy atom. The molecule has 1 saturated heterocycles. The van der Waals surface area contributed by atoms with Gasteiger partial charge in [0.25, 0.3) is 0 Å². The highest BCUT2D eigenvalue weighted by Crippen LogP contribution is 2.26. The van der Waals surface area contributed by atoms with Gasteiger partial charge >= 0.3 is 0 Å². The molecule has 1 saturated carbocycles. The summed E-state index contributed by atoms with van der Waals surface area (Å²) in [4.78, 5) is 11.4. The van der Waals surface area contributed by atoms with Crippen molar-refractivity contribution in [3.63, 3.8) is 0 Å². The van der Waals surface area contributed by atoms with Crippen molar-refractivity contribution in [1.29, 1.82) is 0 Å². The van der Waals surface area contributed by atoms with Gasteiger partial charge in [-0.1, -0.05) is 6.42 Å². The van der Waals surface area contributed by atoms with E-state index >= 15 is 0 Å². The summed E-state index contributed by atoms with van der Waals surface area (Å²) < 4.78 is 5.24. The van der Waals surface area contributed by atoms with Crippen molar-refractivity contribution in [2.45, 2.75) is 25.7 Å². The molecule has 13 heavy (non-hydrogen) atoms. The van der Waals surface area contributed by atoms with Crippen molar-refractivity contribution >= 4 is 5.91 Å². The average Bonchev–Trinajstić information content (AvgIpc) is 2.49. The van der Waals surface area contributed by atoms with Crippen LogP contribution in [-0.4, -0.2) is 25.7 Å². The van der Waals surface area contributed by atoms with Gasteiger partial charge in [0.15, 0.2) is 0 Å². The van der Waals surface area contributed by atoms with Crippen LogP contribution in [0.4, 0.5) is 0 Å². The van der Waals surface area contributed by atoms with Crippen LogP contribution in [0.25, 0.3) is 0 Å². The van der Waals surface area contributed by atoms with Gasteiger partial charge in [0.2, 0.25) is 5.91 Å². The van der Waals surface area contributed by atoms with Crippen LogP contribution >= 0.6 is 0 Å². The molecule has 1 aliphatic heterocycles. The van der Waals surface area contributed by atoms with Crippen molar-refractivity contribution in [3.05, 3.63) is 0 Å². The van der Waals surface area contributed by atoms with E-state index in [1.165, 1.54) is 6.42 Å². The van der Waals surface area contributed by atoms with Gasteiger partial charge in [-0.05, 0) is 19.3 Å². The zero-order chi connectivity index (χ0) is 9.10. The quantitative estimate of drug-likeness (QED) is 0.707. The number of carbonyl (C=O) groups is 1. The normalized spacial score (nSPS) is 28.5. The summed E-state index contributed by atoms with van der Waals surface area (Å²) in [6.07, 6.45) is 4.51. The van der Waals surface area contributed by atoms with E-state index in [0.29, 0.717) is 11.8 Å². The van der Waals surface area contributed by atoms with Gasteiger partial charge in [0, 0.05) is 25.0 Å². The second-order valence-electron chi connectivity index (χ2n) is 4.10. The lowest BCUT2D eigenvalue weighted by Gasteiger charge is -2.24. The summed E-state index contributed by atoms with van der Waals surface area (Å²) in [7, 11) is 0. The lowest BCUT2D eigenvalue weighted by Crippen LogP contribution is -2.37. The Balaban J connectivity index is 1.63. The minimum atomic E-state index is 0.262. The molecule has 0 aromatic carbocycles. The van der Waals surface area contributed by atoms with Crippen LogP contribution in [0.1, 0.15) is 25.7 Å². The first-order chi connectivity index (χ1) is 6.36. The van der Waals surface area contributed by atoms with Crippen molar-refractivity contribution in [1.82, 2.24) is 5.32 Å². The maximum Gasteiger partial charge on any atom is 0.223 e. The molecule has 1 atom stereocenters. The van der Waals surface area contributed by atoms with Crippen molar-refractivity contribution in [2.24, 2.45) is 11.8 Å². The summed E-state index contributed by atoms with van der Waals surface area (Å²) in [5.74, 6) is 1.14. The maximum atomic E-state index is 11.4. The Hall–Kier alpha value is -0.570. The van der Waals surface area contributed by atoms with Crippen LogP contribution in [0, 0.1) is 11.8 Å². The first-order valence-electron chi connectivity index (χ1n) is 5.21. The first kappa shape index (κ1) is 9.00. The Morgan fingerprint density at radius 3 is 2.77 bits per heavy atom. The second kappa shape index (κ2) is 4.09. The van der Waals surface area contributed by atoms with Gasteiger partial charge in [0.1, 0.15) is 0 Å². The van der Waals surface area contributed by atoms with E-state index in [9.17, 15) is 4.79 Å². The van der Waals surface area contributed by atoms with E-state index in [1.807, 2.05) is 0 Å². The lowest BCUT2D eigenvalue weighted by molar-refractivity contribution is -0.127. The summed E-state index contributed by atoms with van der Waals surface area (Å²) in [5, 5.41) is 3.01. The monoisotopic (exact) mass is 183 g/mol. The van der Waals surface area contributed by atoms with Crippen LogP contribution in [0.2, 0.25) is 0 Å². The summed E-state index contributed by atoms with van der Waals surface area (Å²) in [5.41, 5.74) is 0. The molecule has 1 N–H and O–H groups in total. The zero-order valence-electron chi connectivity index (χ0n) is 7.92. The fourth-order valence-corrected chi connectivity index (χ4v) is 1.80. The molecule has 0 aromatic heterocycles. The molecule has 2 fully saturated rings. The predicted octanol–water partition coefficient (Wildman–Crippen LogP) is 0.939. The zero-order valence-corrected chi connectivity index (χ0v) is 7.92. The molecule has 1 amide bonds. The number of nitrogens with one attached hydrogen (secondary N) is 1. The third-order valence-corrected chi connectivity index (χ3v) is 3.06. The molecular weight excluding hydrogens is 166 g/mol. The molecule has 0 aromatic rings. The molecule has 2 aliphatic rings. The topological polar surface area (TPSA) is 38.3 Å². The Kier molecular flexibility index (Phi) is 2.83. The van der Waals surface area contributed by atoms with Crippen molar-refractivity contribution < 1.29 is 9.53 Å². The fraction of sp³-hybridized carbons (Fsp3) is 0.900. The molecule has 0 radical (unpaired) electrons. The highest BCUT2D eigenvalue weighted by atomic mass is 16.5. The van der Waals surface area contributed by atoms with Gasteiger partial charge in [-0.25, -0.2) is 0 Å². The number of hydrogen-bond acceptors (Lipinski definition) is 2. The minimum Gasteiger partial charge on any atom is -0.381 e. The molecule has 2 rings (SSSR count). The van der Waals surface area contributed by atoms with Gasteiger partial charge in [-0.3, -0.25) is 4.79 Å². The van der Waals surface area contributed by atoms with Gasteiger partial charge < -0.3 is 10.1 Å². The smallest absolute Gasteiger partial charge is 0.223 e. The number of hydrogen-bond donors (Lipinski definition) is 1. The van der Waals surface area contributed by atoms with Crippen LogP contribution in [0.3, 0.4) is 0 Å². The van der Waals surface area contributed by atoms with Gasteiger partial charge in [-0.15, -0.1) is 0 Å². The van der Waals surface area contributed by atoms with E-state index in [0.717, 1.165) is 39.0 Å². The average molecular weight is 183 g/mol. The number of rotatable bonds is 3. The van der Waals surface area contributed by atoms with E-state index < -0.39 is 0 Å². The largest absolute Gasteiger partial charge is 0.381 e. The molecule has 74 valence electrons. The summed E-state index contributed by atoms with van der Waals surface area (Å²) in [6.45, 7) is 2.50. The van der Waals surface area contributed by atoms with Gasteiger partial charge in [-0.2, -0.15) is 0 Å². The van der Waals surface area contributed by atoms with Crippen molar-refractivity contribution in [2.75, 3.05) is 19.8 Å². The third kappa shape index (κ3) is 2.21. The lowest BCUT2D eigenvalue weighted by atomic mass is 9.85. The highest BCUT2D eigenvalue weighted by Gasteiger charge is 2.25. The standard InChI is InChI=1S/C10H17NO2/c12-10(9-2-1-3-9)11-6-8-4-5-13-7-8/h8-9H,1-7H2,(H,11,12). The predicted molar refractivity (Wildman–Crippen MR) is 49.3 cm³/mol. The fourth-order valence-electron chi connectivity index (χ4n) is 1.80. The van der Waals surface area contributed by atoms with Crippen molar-refractivity contribution in [3.8, 4) is 0 Å². The van der Waals surface area contributed by atoms with E-state index in [4.69, 9.17) is 4.74 Å². The Bertz CT molecular complexity index is 183. The van der Waals surface area contributed by atoms with Crippen LogP contribution in [-0.2, 0) is 9.53 Å². The Labute approximate surface area is 78.8 Å². The van der Waals surface area contributed by atoms with E-state index in [1.54, 1.807) is 0 Å². The number of ether oxygens (including phenoxy) is 1. The SMILES string of the molecule is O=C(NCC1CCOC1)C1CCC1. The molecule has 3 heteroatoms. The van der Waals surface area contributed by atoms with Crippen LogP contribution in [0.5, 0.6) is 0 Å². The third-order valence-electron chi connectivity index (χ3n) is 3.06. The molecular formula is C10H17NO2. The molecule has 1 unspecified atom stereocenters. The maximum absolute atomic E-state index is 11.4. The molecule has 1 heterocycles. The molecule has 1 aliphatic carbocycles. The summed E-state index contributed by atoms with van der Waals surface area (Å²) in [6, 6.07) is 0. The Morgan fingerprint density at radius 2 is 2.23 bits per heavy atom. The van der Waals surface area contributed by atoms with Crippen LogP contribution < -0.4 is 5.32 Å². The molecule has 0 bridgehead atoms. The van der Waals surface area contributed by atoms with E-state index in [2.05, 4.69) is 5.32 Å².